The van der Waals surface area contributed by atoms with Crippen LogP contribution in [0.5, 0.6) is 0 Å². The smallest absolute Gasteiger partial charge is 0.306 e. The van der Waals surface area contributed by atoms with Gasteiger partial charge >= 0.3 is 17.9 Å². The minimum Gasteiger partial charge on any atom is -0.462 e. The first kappa shape index (κ1) is 66.3. The molecule has 0 saturated heterocycles. The normalized spacial score (nSPS) is 13.2. The summed E-state index contributed by atoms with van der Waals surface area (Å²) in [5.74, 6) is -1.00. The molecule has 0 N–H and O–H groups in total. The van der Waals surface area contributed by atoms with Crippen LogP contribution in [0.2, 0.25) is 0 Å². The lowest BCUT2D eigenvalue weighted by atomic mass is 10.1. The zero-order chi connectivity index (χ0) is 51.4. The molecule has 0 spiro atoms. The standard InChI is InChI=1S/C65H102O6/c1-4-7-10-13-16-19-22-25-28-30-32-34-37-40-43-46-49-52-55-58-64(67)70-61-62(60-69-63(66)57-54-51-48-45-42-39-36-27-24-21-18-15-12-9-6-3)71-65(68)59-56-53-50-47-44-41-38-35-33-31-29-26-23-20-17-14-11-8-5-2/h7-8,10-11,16-21,25-29,32-36,40-41,43-44,62H,4-6,9,12-15,22-24,30-31,37-39,42,45-61H2,1-3H3/b10-7-,11-8-,19-16-,20-17-,21-18-,28-25-,29-26-,34-32-,35-33-,36-27-,43-40-,44-41-. The van der Waals surface area contributed by atoms with E-state index in [0.717, 1.165) is 154 Å². The first-order chi connectivity index (χ1) is 35.0. The molecule has 0 heterocycles. The average Bonchev–Trinajstić information content (AvgIpc) is 3.37. The fourth-order valence-electron chi connectivity index (χ4n) is 7.11. The van der Waals surface area contributed by atoms with E-state index in [1.54, 1.807) is 0 Å². The largest absolute Gasteiger partial charge is 0.462 e. The molecule has 0 aromatic rings. The zero-order valence-corrected chi connectivity index (χ0v) is 45.4. The molecule has 0 aromatic heterocycles. The zero-order valence-electron chi connectivity index (χ0n) is 45.4. The van der Waals surface area contributed by atoms with E-state index >= 15 is 0 Å². The van der Waals surface area contributed by atoms with Crippen LogP contribution in [-0.4, -0.2) is 37.2 Å². The molecule has 1 unspecified atom stereocenters. The molecular formula is C65H102O6. The van der Waals surface area contributed by atoms with E-state index in [-0.39, 0.29) is 37.5 Å². The van der Waals surface area contributed by atoms with Gasteiger partial charge in [0, 0.05) is 19.3 Å². The van der Waals surface area contributed by atoms with Gasteiger partial charge in [-0.15, -0.1) is 0 Å². The van der Waals surface area contributed by atoms with Crippen molar-refractivity contribution in [2.45, 2.75) is 232 Å². The summed E-state index contributed by atoms with van der Waals surface area (Å²) in [6.45, 7) is 6.30. The van der Waals surface area contributed by atoms with Crippen molar-refractivity contribution in [2.75, 3.05) is 13.2 Å². The van der Waals surface area contributed by atoms with Crippen LogP contribution >= 0.6 is 0 Å². The second-order valence-electron chi connectivity index (χ2n) is 18.1. The maximum Gasteiger partial charge on any atom is 0.306 e. The number of carbonyl (C=O) groups excluding carboxylic acids is 3. The molecule has 0 aromatic carbocycles. The van der Waals surface area contributed by atoms with E-state index in [9.17, 15) is 14.4 Å². The third-order valence-electron chi connectivity index (χ3n) is 11.3. The lowest BCUT2D eigenvalue weighted by Crippen LogP contribution is -2.30. The van der Waals surface area contributed by atoms with Crippen molar-refractivity contribution in [2.24, 2.45) is 0 Å². The molecule has 1 atom stereocenters. The highest BCUT2D eigenvalue weighted by Gasteiger charge is 2.19. The van der Waals surface area contributed by atoms with Gasteiger partial charge in [0.1, 0.15) is 13.2 Å². The summed E-state index contributed by atoms with van der Waals surface area (Å²) in [4.78, 5) is 38.2. The molecule has 0 aliphatic heterocycles. The van der Waals surface area contributed by atoms with Crippen LogP contribution < -0.4 is 0 Å². The third kappa shape index (κ3) is 56.1. The van der Waals surface area contributed by atoms with Crippen molar-refractivity contribution < 1.29 is 28.6 Å². The van der Waals surface area contributed by atoms with Crippen molar-refractivity contribution in [1.29, 1.82) is 0 Å². The second kappa shape index (κ2) is 57.9. The van der Waals surface area contributed by atoms with Gasteiger partial charge in [-0.05, 0) is 141 Å². The summed E-state index contributed by atoms with van der Waals surface area (Å²) < 4.78 is 16.8. The fourth-order valence-corrected chi connectivity index (χ4v) is 7.11. The molecule has 6 nitrogen and oxygen atoms in total. The first-order valence-electron chi connectivity index (χ1n) is 28.3. The molecule has 398 valence electrons. The number of hydrogen-bond acceptors (Lipinski definition) is 6. The van der Waals surface area contributed by atoms with E-state index in [4.69, 9.17) is 14.2 Å². The molecule has 0 rings (SSSR count). The lowest BCUT2D eigenvalue weighted by molar-refractivity contribution is -0.167. The summed E-state index contributed by atoms with van der Waals surface area (Å²) in [6.07, 6.45) is 82.6. The quantitative estimate of drug-likeness (QED) is 0.0262. The van der Waals surface area contributed by atoms with Gasteiger partial charge in [0.25, 0.3) is 0 Å². The van der Waals surface area contributed by atoms with Crippen molar-refractivity contribution in [3.63, 3.8) is 0 Å². The van der Waals surface area contributed by atoms with E-state index in [0.29, 0.717) is 19.3 Å². The van der Waals surface area contributed by atoms with Crippen LogP contribution in [0.3, 0.4) is 0 Å². The number of ether oxygens (including phenoxy) is 3. The van der Waals surface area contributed by atoms with Crippen LogP contribution in [0.25, 0.3) is 0 Å². The Kier molecular flexibility index (Phi) is 54.0. The van der Waals surface area contributed by atoms with Gasteiger partial charge in [0.15, 0.2) is 6.10 Å². The molecule has 0 amide bonds. The SMILES string of the molecule is CC/C=C\C/C=C\C/C=C\C/C=C\C/C=C\CCCCCC(=O)OCC(COC(=O)CCCCCCC/C=C\C/C=C\CCCCC)OC(=O)CCCCC/C=C\C/C=C\C/C=C\C/C=C\C/C=C\CC. The van der Waals surface area contributed by atoms with Gasteiger partial charge in [-0.1, -0.05) is 212 Å². The maximum absolute atomic E-state index is 12.9. The summed E-state index contributed by atoms with van der Waals surface area (Å²) in [5.41, 5.74) is 0. The Morgan fingerprint density at radius 3 is 0.873 bits per heavy atom. The predicted octanol–water partition coefficient (Wildman–Crippen LogP) is 19.2. The molecule has 0 fully saturated rings. The highest BCUT2D eigenvalue weighted by atomic mass is 16.6. The highest BCUT2D eigenvalue weighted by Crippen LogP contribution is 2.12. The molecule has 0 aliphatic carbocycles. The van der Waals surface area contributed by atoms with Crippen molar-refractivity contribution >= 4 is 17.9 Å². The molecule has 6 heteroatoms. The van der Waals surface area contributed by atoms with Crippen LogP contribution in [0.15, 0.2) is 146 Å². The van der Waals surface area contributed by atoms with Gasteiger partial charge in [-0.3, -0.25) is 14.4 Å². The lowest BCUT2D eigenvalue weighted by Gasteiger charge is -2.18. The molecule has 71 heavy (non-hydrogen) atoms. The van der Waals surface area contributed by atoms with Crippen molar-refractivity contribution in [1.82, 2.24) is 0 Å². The van der Waals surface area contributed by atoms with Gasteiger partial charge in [0.05, 0.1) is 0 Å². The Bertz CT molecular complexity index is 1590. The summed E-state index contributed by atoms with van der Waals surface area (Å²) in [5, 5.41) is 0. The first-order valence-corrected chi connectivity index (χ1v) is 28.3. The number of hydrogen-bond donors (Lipinski definition) is 0. The summed E-state index contributed by atoms with van der Waals surface area (Å²) in [7, 11) is 0. The Hall–Kier alpha value is -4.71. The Morgan fingerprint density at radius 1 is 0.296 bits per heavy atom. The van der Waals surface area contributed by atoms with Gasteiger partial charge in [-0.2, -0.15) is 0 Å². The Labute approximate surface area is 436 Å². The average molecular weight is 980 g/mol. The van der Waals surface area contributed by atoms with Crippen LogP contribution in [0.4, 0.5) is 0 Å². The second-order valence-corrected chi connectivity index (χ2v) is 18.1. The van der Waals surface area contributed by atoms with Crippen molar-refractivity contribution in [3.8, 4) is 0 Å². The minimum absolute atomic E-state index is 0.116. The number of unbranched alkanes of at least 4 members (excludes halogenated alkanes) is 14. The van der Waals surface area contributed by atoms with E-state index in [1.807, 2.05) is 0 Å². The molecular weight excluding hydrogens is 877 g/mol. The maximum atomic E-state index is 12.9. The van der Waals surface area contributed by atoms with Crippen molar-refractivity contribution in [3.05, 3.63) is 146 Å². The number of carbonyl (C=O) groups is 3. The molecule has 0 aliphatic rings. The van der Waals surface area contributed by atoms with Crippen LogP contribution in [-0.2, 0) is 28.6 Å². The van der Waals surface area contributed by atoms with Gasteiger partial charge < -0.3 is 14.2 Å². The summed E-state index contributed by atoms with van der Waals surface area (Å²) >= 11 is 0. The fraction of sp³-hybridized carbons (Fsp3) is 0.585. The summed E-state index contributed by atoms with van der Waals surface area (Å²) in [6, 6.07) is 0. The van der Waals surface area contributed by atoms with Crippen LogP contribution in [0.1, 0.15) is 226 Å². The molecule has 0 saturated carbocycles. The Morgan fingerprint density at radius 2 is 0.549 bits per heavy atom. The van der Waals surface area contributed by atoms with Gasteiger partial charge in [0.2, 0.25) is 0 Å². The van der Waals surface area contributed by atoms with E-state index in [1.165, 1.54) is 25.7 Å². The third-order valence-corrected chi connectivity index (χ3v) is 11.3. The number of esters is 3. The molecule has 0 radical (unpaired) electrons. The van der Waals surface area contributed by atoms with E-state index < -0.39 is 6.10 Å². The van der Waals surface area contributed by atoms with Crippen LogP contribution in [0, 0.1) is 0 Å². The molecule has 0 bridgehead atoms. The number of rotatable bonds is 49. The number of allylic oxidation sites excluding steroid dienone is 24. The predicted molar refractivity (Wildman–Crippen MR) is 306 cm³/mol. The highest BCUT2D eigenvalue weighted by molar-refractivity contribution is 5.71. The Balaban J connectivity index is 4.57. The topological polar surface area (TPSA) is 78.9 Å². The van der Waals surface area contributed by atoms with E-state index in [2.05, 4.69) is 167 Å². The van der Waals surface area contributed by atoms with Gasteiger partial charge in [-0.25, -0.2) is 0 Å². The minimum atomic E-state index is -0.823. The monoisotopic (exact) mass is 979 g/mol.